The number of nitrogens with zero attached hydrogens (tertiary/aromatic N) is 2. The van der Waals surface area contributed by atoms with Crippen LogP contribution in [0.3, 0.4) is 0 Å². The molecule has 1 heterocycles. The number of nitriles is 1. The van der Waals surface area contributed by atoms with Crippen molar-refractivity contribution in [3.63, 3.8) is 0 Å². The first-order valence-corrected chi connectivity index (χ1v) is 8.31. The van der Waals surface area contributed by atoms with Crippen molar-refractivity contribution < 1.29 is 0 Å². The maximum atomic E-state index is 9.33. The van der Waals surface area contributed by atoms with Crippen LogP contribution in [-0.4, -0.2) is 5.71 Å². The Morgan fingerprint density at radius 3 is 2.46 bits per heavy atom. The van der Waals surface area contributed by atoms with Crippen LogP contribution in [0.1, 0.15) is 30.4 Å². The molecule has 3 aromatic carbocycles. The maximum absolute atomic E-state index is 9.33. The molecule has 0 aliphatic carbocycles. The van der Waals surface area contributed by atoms with E-state index in [9.17, 15) is 5.26 Å². The van der Waals surface area contributed by atoms with E-state index in [1.54, 1.807) is 0 Å². The summed E-state index contributed by atoms with van der Waals surface area (Å²) < 4.78 is 0. The fraction of sp³-hybridized carbons (Fsp3) is 0.182. The van der Waals surface area contributed by atoms with E-state index in [1.807, 2.05) is 18.2 Å². The van der Waals surface area contributed by atoms with E-state index in [4.69, 9.17) is 4.99 Å². The zero-order chi connectivity index (χ0) is 16.4. The molecule has 3 aromatic rings. The van der Waals surface area contributed by atoms with Crippen LogP contribution < -0.4 is 0 Å². The molecular formula is C22H18N2. The molecule has 0 spiro atoms. The monoisotopic (exact) mass is 310 g/mol. The molecular weight excluding hydrogens is 292 g/mol. The molecule has 0 saturated carbocycles. The third kappa shape index (κ3) is 2.49. The molecule has 1 atom stereocenters. The van der Waals surface area contributed by atoms with E-state index in [0.29, 0.717) is 6.42 Å². The number of aliphatic imine (C=N–C) groups is 1. The second kappa shape index (κ2) is 5.94. The highest BCUT2D eigenvalue weighted by Crippen LogP contribution is 2.40. The number of hydrogen-bond donors (Lipinski definition) is 0. The van der Waals surface area contributed by atoms with Gasteiger partial charge in [-0.3, -0.25) is 4.99 Å². The molecule has 2 heteroatoms. The van der Waals surface area contributed by atoms with Crippen molar-refractivity contribution in [2.75, 3.05) is 0 Å². The quantitative estimate of drug-likeness (QED) is 0.652. The Kier molecular flexibility index (Phi) is 3.63. The highest BCUT2D eigenvalue weighted by molar-refractivity contribution is 6.04. The molecule has 1 aliphatic heterocycles. The molecule has 0 bridgehead atoms. The Morgan fingerprint density at radius 1 is 0.917 bits per heavy atom. The Labute approximate surface area is 142 Å². The standard InChI is InChI=1S/C22H18N2/c23-15-14-22(20-8-2-1-3-9-20)13-12-21(24-22)19-11-10-17-6-4-5-7-18(17)16-19/h1-11,16H,12-14H2. The molecule has 0 saturated heterocycles. The minimum Gasteiger partial charge on any atom is -0.277 e. The Balaban J connectivity index is 1.78. The van der Waals surface area contributed by atoms with Gasteiger partial charge >= 0.3 is 0 Å². The van der Waals surface area contributed by atoms with Crippen LogP contribution in [-0.2, 0) is 5.54 Å². The highest BCUT2D eigenvalue weighted by atomic mass is 14.9. The number of fused-ring (bicyclic) bond motifs is 1. The van der Waals surface area contributed by atoms with Crippen molar-refractivity contribution in [3.05, 3.63) is 83.9 Å². The third-order valence-corrected chi connectivity index (χ3v) is 4.89. The fourth-order valence-electron chi connectivity index (χ4n) is 3.59. The summed E-state index contributed by atoms with van der Waals surface area (Å²) in [5.74, 6) is 0. The lowest BCUT2D eigenvalue weighted by Gasteiger charge is -2.23. The van der Waals surface area contributed by atoms with Gasteiger partial charge < -0.3 is 0 Å². The summed E-state index contributed by atoms with van der Waals surface area (Å²) in [6.45, 7) is 0. The van der Waals surface area contributed by atoms with Gasteiger partial charge in [-0.05, 0) is 40.8 Å². The molecule has 0 radical (unpaired) electrons. The summed E-state index contributed by atoms with van der Waals surface area (Å²) in [6.07, 6.45) is 2.23. The van der Waals surface area contributed by atoms with Crippen molar-refractivity contribution in [2.24, 2.45) is 4.99 Å². The normalized spacial score (nSPS) is 19.9. The van der Waals surface area contributed by atoms with Crippen LogP contribution in [0.4, 0.5) is 0 Å². The molecule has 0 aromatic heterocycles. The summed E-state index contributed by atoms with van der Waals surface area (Å²) in [6, 6.07) is 27.5. The summed E-state index contributed by atoms with van der Waals surface area (Å²) in [7, 11) is 0. The fourth-order valence-corrected chi connectivity index (χ4v) is 3.59. The van der Waals surface area contributed by atoms with Crippen molar-refractivity contribution >= 4 is 16.5 Å². The molecule has 24 heavy (non-hydrogen) atoms. The van der Waals surface area contributed by atoms with Crippen LogP contribution in [0.15, 0.2) is 77.8 Å². The first kappa shape index (κ1) is 14.7. The van der Waals surface area contributed by atoms with E-state index < -0.39 is 5.54 Å². The van der Waals surface area contributed by atoms with Gasteiger partial charge in [0, 0.05) is 5.71 Å². The molecule has 0 amide bonds. The maximum Gasteiger partial charge on any atom is 0.0993 e. The Bertz CT molecular complexity index is 950. The van der Waals surface area contributed by atoms with Gasteiger partial charge in [-0.1, -0.05) is 66.7 Å². The van der Waals surface area contributed by atoms with Gasteiger partial charge in [0.15, 0.2) is 0 Å². The van der Waals surface area contributed by atoms with Crippen LogP contribution >= 0.6 is 0 Å². The summed E-state index contributed by atoms with van der Waals surface area (Å²) in [4.78, 5) is 5.05. The van der Waals surface area contributed by atoms with Crippen molar-refractivity contribution in [1.82, 2.24) is 0 Å². The van der Waals surface area contributed by atoms with Gasteiger partial charge in [-0.25, -0.2) is 0 Å². The number of benzene rings is 3. The van der Waals surface area contributed by atoms with E-state index >= 15 is 0 Å². The van der Waals surface area contributed by atoms with Crippen LogP contribution in [0.2, 0.25) is 0 Å². The van der Waals surface area contributed by atoms with E-state index in [0.717, 1.165) is 24.1 Å². The van der Waals surface area contributed by atoms with E-state index in [-0.39, 0.29) is 0 Å². The average molecular weight is 310 g/mol. The van der Waals surface area contributed by atoms with Gasteiger partial charge in [-0.15, -0.1) is 0 Å². The van der Waals surface area contributed by atoms with Crippen LogP contribution in [0.5, 0.6) is 0 Å². The smallest absolute Gasteiger partial charge is 0.0993 e. The predicted molar refractivity (Wildman–Crippen MR) is 98.1 cm³/mol. The van der Waals surface area contributed by atoms with Gasteiger partial charge in [0.05, 0.1) is 18.0 Å². The first-order valence-electron chi connectivity index (χ1n) is 8.31. The van der Waals surface area contributed by atoms with Gasteiger partial charge in [0.2, 0.25) is 0 Å². The largest absolute Gasteiger partial charge is 0.277 e. The lowest BCUT2D eigenvalue weighted by atomic mass is 9.85. The Hall–Kier alpha value is -2.92. The molecule has 0 N–H and O–H groups in total. The molecule has 0 fully saturated rings. The minimum atomic E-state index is -0.392. The zero-order valence-electron chi connectivity index (χ0n) is 13.4. The third-order valence-electron chi connectivity index (χ3n) is 4.89. The van der Waals surface area contributed by atoms with Gasteiger partial charge in [-0.2, -0.15) is 5.26 Å². The summed E-state index contributed by atoms with van der Waals surface area (Å²) >= 11 is 0. The van der Waals surface area contributed by atoms with Crippen LogP contribution in [0.25, 0.3) is 10.8 Å². The summed E-state index contributed by atoms with van der Waals surface area (Å²) in [5.41, 5.74) is 3.03. The number of hydrogen-bond acceptors (Lipinski definition) is 2. The van der Waals surface area contributed by atoms with Gasteiger partial charge in [0.25, 0.3) is 0 Å². The van der Waals surface area contributed by atoms with Crippen molar-refractivity contribution in [2.45, 2.75) is 24.8 Å². The van der Waals surface area contributed by atoms with Crippen LogP contribution in [0, 0.1) is 11.3 Å². The van der Waals surface area contributed by atoms with Gasteiger partial charge in [0.1, 0.15) is 0 Å². The highest BCUT2D eigenvalue weighted by Gasteiger charge is 2.36. The molecule has 116 valence electrons. The lowest BCUT2D eigenvalue weighted by molar-refractivity contribution is 0.457. The first-order chi connectivity index (χ1) is 11.8. The van der Waals surface area contributed by atoms with Crippen molar-refractivity contribution in [1.29, 1.82) is 5.26 Å². The van der Waals surface area contributed by atoms with E-state index in [1.165, 1.54) is 16.3 Å². The second-order valence-electron chi connectivity index (χ2n) is 6.35. The number of rotatable bonds is 3. The van der Waals surface area contributed by atoms with E-state index in [2.05, 4.69) is 60.7 Å². The lowest BCUT2D eigenvalue weighted by Crippen LogP contribution is -2.19. The molecule has 1 aliphatic rings. The zero-order valence-corrected chi connectivity index (χ0v) is 13.4. The Morgan fingerprint density at radius 2 is 1.67 bits per heavy atom. The van der Waals surface area contributed by atoms with Crippen molar-refractivity contribution in [3.8, 4) is 6.07 Å². The SMILES string of the molecule is N#CCC1(c2ccccc2)CCC(c2ccc3ccccc3c2)=N1. The topological polar surface area (TPSA) is 36.1 Å². The predicted octanol–water partition coefficient (Wildman–Crippen LogP) is 5.23. The molecule has 4 rings (SSSR count). The summed E-state index contributed by atoms with van der Waals surface area (Å²) in [5, 5.41) is 11.8. The average Bonchev–Trinajstić information content (AvgIpc) is 3.08. The molecule has 2 nitrogen and oxygen atoms in total. The second-order valence-corrected chi connectivity index (χ2v) is 6.35. The molecule has 1 unspecified atom stereocenters. The minimum absolute atomic E-state index is 0.392.